The molecule has 8 heteroatoms. The summed E-state index contributed by atoms with van der Waals surface area (Å²) in [7, 11) is 0. The highest BCUT2D eigenvalue weighted by molar-refractivity contribution is 6.42. The molecular weight excluding hydrogens is 440 g/mol. The first-order valence-electron chi connectivity index (χ1n) is 8.56. The van der Waals surface area contributed by atoms with Crippen LogP contribution in [0, 0.1) is 0 Å². The van der Waals surface area contributed by atoms with Crippen molar-refractivity contribution < 1.29 is 4.79 Å². The van der Waals surface area contributed by atoms with Gasteiger partial charge in [-0.3, -0.25) is 0 Å². The molecule has 1 N–H and O–H groups in total. The van der Waals surface area contributed by atoms with E-state index in [9.17, 15) is 4.79 Å². The van der Waals surface area contributed by atoms with E-state index in [-0.39, 0.29) is 12.1 Å². The highest BCUT2D eigenvalue weighted by Crippen LogP contribution is 2.37. The van der Waals surface area contributed by atoms with Crippen molar-refractivity contribution in [2.45, 2.75) is 12.6 Å². The normalized spacial score (nSPS) is 16.0. The number of rotatable bonds is 2. The first-order chi connectivity index (χ1) is 13.4. The zero-order chi connectivity index (χ0) is 19.8. The van der Waals surface area contributed by atoms with E-state index in [1.807, 2.05) is 24.4 Å². The molecular formula is C20H15Cl4N3O. The van der Waals surface area contributed by atoms with Gasteiger partial charge in [0.25, 0.3) is 0 Å². The Morgan fingerprint density at radius 2 is 1.75 bits per heavy atom. The van der Waals surface area contributed by atoms with Crippen molar-refractivity contribution in [1.29, 1.82) is 0 Å². The molecule has 28 heavy (non-hydrogen) atoms. The van der Waals surface area contributed by atoms with Crippen molar-refractivity contribution in [3.05, 3.63) is 86.1 Å². The zero-order valence-corrected chi connectivity index (χ0v) is 17.5. The minimum atomic E-state index is -0.337. The summed E-state index contributed by atoms with van der Waals surface area (Å²) in [5.74, 6) is 0. The van der Waals surface area contributed by atoms with E-state index in [1.165, 1.54) is 0 Å². The van der Waals surface area contributed by atoms with E-state index in [4.69, 9.17) is 46.4 Å². The summed E-state index contributed by atoms with van der Waals surface area (Å²) in [4.78, 5) is 14.9. The monoisotopic (exact) mass is 453 g/mol. The lowest BCUT2D eigenvalue weighted by Gasteiger charge is -2.37. The molecule has 0 aliphatic carbocycles. The molecule has 4 nitrogen and oxygen atoms in total. The molecule has 144 valence electrons. The Labute approximate surface area is 182 Å². The van der Waals surface area contributed by atoms with Crippen LogP contribution < -0.4 is 5.32 Å². The van der Waals surface area contributed by atoms with Gasteiger partial charge in [0.2, 0.25) is 0 Å². The highest BCUT2D eigenvalue weighted by atomic mass is 35.5. The van der Waals surface area contributed by atoms with Gasteiger partial charge in [0.15, 0.2) is 0 Å². The van der Waals surface area contributed by atoms with E-state index in [2.05, 4.69) is 9.88 Å². The van der Waals surface area contributed by atoms with Crippen molar-refractivity contribution in [2.75, 3.05) is 11.9 Å². The largest absolute Gasteiger partial charge is 0.348 e. The topological polar surface area (TPSA) is 37.3 Å². The number of carbonyl (C=O) groups is 1. The Balaban J connectivity index is 1.70. The molecule has 1 unspecified atom stereocenters. The number of hydrogen-bond donors (Lipinski definition) is 1. The van der Waals surface area contributed by atoms with Gasteiger partial charge in [0.05, 0.1) is 10.0 Å². The Morgan fingerprint density at radius 1 is 0.929 bits per heavy atom. The number of nitrogens with one attached hydrogen (secondary N) is 1. The van der Waals surface area contributed by atoms with E-state index < -0.39 is 0 Å². The van der Waals surface area contributed by atoms with Gasteiger partial charge in [0, 0.05) is 40.7 Å². The summed E-state index contributed by atoms with van der Waals surface area (Å²) >= 11 is 24.6. The van der Waals surface area contributed by atoms with Crippen LogP contribution in [0.15, 0.2) is 54.7 Å². The molecule has 0 radical (unpaired) electrons. The van der Waals surface area contributed by atoms with Crippen LogP contribution in [0.1, 0.15) is 17.3 Å². The fourth-order valence-corrected chi connectivity index (χ4v) is 4.23. The second-order valence-electron chi connectivity index (χ2n) is 6.45. The predicted octanol–water partition coefficient (Wildman–Crippen LogP) is 6.74. The number of anilines is 1. The molecule has 0 spiro atoms. The van der Waals surface area contributed by atoms with Gasteiger partial charge in [-0.2, -0.15) is 0 Å². The van der Waals surface area contributed by atoms with Crippen molar-refractivity contribution in [3.63, 3.8) is 0 Å². The molecule has 0 saturated heterocycles. The fraction of sp³-hybridized carbons (Fsp3) is 0.150. The molecule has 1 atom stereocenters. The van der Waals surface area contributed by atoms with E-state index in [0.29, 0.717) is 38.9 Å². The summed E-state index contributed by atoms with van der Waals surface area (Å²) < 4.78 is 2.12. The summed E-state index contributed by atoms with van der Waals surface area (Å²) in [6.45, 7) is 1.22. The average Bonchev–Trinajstić information content (AvgIpc) is 3.13. The number of halogens is 4. The number of nitrogens with zero attached hydrogens (tertiary/aromatic N) is 2. The lowest BCUT2D eigenvalue weighted by atomic mass is 10.00. The van der Waals surface area contributed by atoms with Gasteiger partial charge >= 0.3 is 6.03 Å². The number of carbonyl (C=O) groups excluding carboxylic acids is 1. The van der Waals surface area contributed by atoms with Crippen molar-refractivity contribution in [3.8, 4) is 0 Å². The van der Waals surface area contributed by atoms with Crippen LogP contribution in [0.3, 0.4) is 0 Å². The summed E-state index contributed by atoms with van der Waals surface area (Å²) in [5, 5.41) is 4.77. The first kappa shape index (κ1) is 19.5. The minimum absolute atomic E-state index is 0.248. The fourth-order valence-electron chi connectivity index (χ4n) is 3.42. The number of hydrogen-bond acceptors (Lipinski definition) is 1. The Morgan fingerprint density at radius 3 is 2.50 bits per heavy atom. The number of fused-ring (bicyclic) bond motifs is 1. The quantitative estimate of drug-likeness (QED) is 0.457. The molecule has 4 rings (SSSR count). The van der Waals surface area contributed by atoms with Gasteiger partial charge in [-0.1, -0.05) is 52.5 Å². The third-order valence-corrected chi connectivity index (χ3v) is 6.03. The maximum Gasteiger partial charge on any atom is 0.322 e. The minimum Gasteiger partial charge on any atom is -0.348 e. The number of aromatic nitrogens is 1. The Kier molecular flexibility index (Phi) is 5.48. The van der Waals surface area contributed by atoms with Crippen LogP contribution in [0.4, 0.5) is 10.5 Å². The Hall–Kier alpha value is -1.85. The van der Waals surface area contributed by atoms with Crippen molar-refractivity contribution in [1.82, 2.24) is 9.47 Å². The SMILES string of the molecule is O=C(Nc1ccc(Cl)c(Cl)c1)N1CCn2cccc2C1c1ccc(Cl)cc1Cl. The molecule has 1 aliphatic rings. The Bertz CT molecular complexity index is 1050. The molecule has 0 bridgehead atoms. The highest BCUT2D eigenvalue weighted by Gasteiger charge is 2.33. The van der Waals surface area contributed by atoms with Crippen molar-refractivity contribution in [2.24, 2.45) is 0 Å². The maximum absolute atomic E-state index is 13.1. The van der Waals surface area contributed by atoms with E-state index >= 15 is 0 Å². The summed E-state index contributed by atoms with van der Waals surface area (Å²) in [6, 6.07) is 13.7. The summed E-state index contributed by atoms with van der Waals surface area (Å²) in [6.07, 6.45) is 2.00. The lowest BCUT2D eigenvalue weighted by Crippen LogP contribution is -2.44. The zero-order valence-electron chi connectivity index (χ0n) is 14.5. The molecule has 2 aromatic carbocycles. The average molecular weight is 455 g/mol. The smallest absolute Gasteiger partial charge is 0.322 e. The van der Waals surface area contributed by atoms with Crippen LogP contribution >= 0.6 is 46.4 Å². The van der Waals surface area contributed by atoms with Gasteiger partial charge < -0.3 is 14.8 Å². The first-order valence-corrected chi connectivity index (χ1v) is 10.1. The number of urea groups is 1. The van der Waals surface area contributed by atoms with Crippen LogP contribution in [0.25, 0.3) is 0 Å². The summed E-state index contributed by atoms with van der Waals surface area (Å²) in [5.41, 5.74) is 2.37. The molecule has 3 aromatic rings. The molecule has 2 heterocycles. The van der Waals surface area contributed by atoms with Crippen LogP contribution in [-0.4, -0.2) is 22.0 Å². The van der Waals surface area contributed by atoms with Gasteiger partial charge in [0.1, 0.15) is 6.04 Å². The molecule has 1 aromatic heterocycles. The molecule has 0 saturated carbocycles. The maximum atomic E-state index is 13.1. The lowest BCUT2D eigenvalue weighted by molar-refractivity contribution is 0.182. The second-order valence-corrected chi connectivity index (χ2v) is 8.11. The second kappa shape index (κ2) is 7.88. The van der Waals surface area contributed by atoms with Crippen molar-refractivity contribution >= 4 is 58.1 Å². The van der Waals surface area contributed by atoms with Crippen LogP contribution in [0.2, 0.25) is 20.1 Å². The van der Waals surface area contributed by atoms with E-state index in [0.717, 1.165) is 11.3 Å². The number of amides is 2. The van der Waals surface area contributed by atoms with Gasteiger partial charge in [-0.15, -0.1) is 0 Å². The van der Waals surface area contributed by atoms with Gasteiger partial charge in [-0.05, 0) is 48.0 Å². The third-order valence-electron chi connectivity index (χ3n) is 4.73. The molecule has 0 fully saturated rings. The molecule has 1 aliphatic heterocycles. The van der Waals surface area contributed by atoms with E-state index in [1.54, 1.807) is 35.2 Å². The number of benzene rings is 2. The van der Waals surface area contributed by atoms with Crippen LogP contribution in [-0.2, 0) is 6.54 Å². The third kappa shape index (κ3) is 3.70. The van der Waals surface area contributed by atoms with Gasteiger partial charge in [-0.25, -0.2) is 4.79 Å². The standard InChI is InChI=1S/C20H15Cl4N3O/c21-12-3-5-14(16(23)10-12)19-18-2-1-7-26(18)8-9-27(19)20(28)25-13-4-6-15(22)17(24)11-13/h1-7,10-11,19H,8-9H2,(H,25,28). The molecule has 2 amide bonds. The predicted molar refractivity (Wildman–Crippen MR) is 115 cm³/mol. The van der Waals surface area contributed by atoms with Crippen LogP contribution in [0.5, 0.6) is 0 Å².